The second-order valence-electron chi connectivity index (χ2n) is 4.98. The highest BCUT2D eigenvalue weighted by atomic mass is 14.9. The van der Waals surface area contributed by atoms with Gasteiger partial charge in [-0.05, 0) is 49.4 Å². The number of aromatic nitrogens is 1. The van der Waals surface area contributed by atoms with Crippen LogP contribution in [0, 0.1) is 6.92 Å². The number of benzene rings is 1. The minimum absolute atomic E-state index is 0.430. The topological polar surface area (TPSA) is 24.9 Å². The summed E-state index contributed by atoms with van der Waals surface area (Å²) in [6.07, 6.45) is 5.59. The first kappa shape index (κ1) is 11.3. The minimum Gasteiger partial charge on any atom is -0.377 e. The lowest BCUT2D eigenvalue weighted by atomic mass is 9.87. The van der Waals surface area contributed by atoms with E-state index in [9.17, 15) is 0 Å². The van der Waals surface area contributed by atoms with Crippen molar-refractivity contribution in [3.05, 3.63) is 59.4 Å². The molecule has 2 nitrogen and oxygen atoms in total. The van der Waals surface area contributed by atoms with Crippen molar-refractivity contribution in [2.24, 2.45) is 0 Å². The van der Waals surface area contributed by atoms with Crippen molar-refractivity contribution in [2.45, 2.75) is 32.2 Å². The molecule has 1 aliphatic rings. The highest BCUT2D eigenvalue weighted by Crippen LogP contribution is 2.32. The summed E-state index contributed by atoms with van der Waals surface area (Å²) in [6, 6.07) is 13.3. The lowest BCUT2D eigenvalue weighted by Gasteiger charge is -2.27. The number of pyridine rings is 1. The number of aryl methyl sites for hydroxylation is 2. The standard InChI is InChI=1S/C16H18N2/c1-12-9-10-14(11-17-12)18-16-8-4-6-13-5-2-3-7-15(13)16/h2-3,5,7,9-11,16,18H,4,6,8H2,1H3. The maximum Gasteiger partial charge on any atom is 0.0531 e. The Hall–Kier alpha value is -1.83. The predicted molar refractivity (Wildman–Crippen MR) is 74.7 cm³/mol. The van der Waals surface area contributed by atoms with E-state index in [1.807, 2.05) is 13.1 Å². The van der Waals surface area contributed by atoms with Crippen LogP contribution in [-0.2, 0) is 6.42 Å². The van der Waals surface area contributed by atoms with Crippen molar-refractivity contribution in [3.8, 4) is 0 Å². The Labute approximate surface area is 108 Å². The summed E-state index contributed by atoms with van der Waals surface area (Å²) in [7, 11) is 0. The first-order valence-corrected chi connectivity index (χ1v) is 6.60. The summed E-state index contributed by atoms with van der Waals surface area (Å²) in [5.74, 6) is 0. The maximum absolute atomic E-state index is 4.34. The van der Waals surface area contributed by atoms with Crippen LogP contribution in [0.5, 0.6) is 0 Å². The van der Waals surface area contributed by atoms with Crippen molar-refractivity contribution in [1.82, 2.24) is 4.98 Å². The normalized spacial score (nSPS) is 18.2. The lowest BCUT2D eigenvalue weighted by Crippen LogP contribution is -2.17. The van der Waals surface area contributed by atoms with Crippen LogP contribution in [0.2, 0.25) is 0 Å². The van der Waals surface area contributed by atoms with Crippen LogP contribution in [0.4, 0.5) is 5.69 Å². The number of anilines is 1. The van der Waals surface area contributed by atoms with Gasteiger partial charge in [0.25, 0.3) is 0 Å². The van der Waals surface area contributed by atoms with Crippen LogP contribution in [0.3, 0.4) is 0 Å². The van der Waals surface area contributed by atoms with Crippen molar-refractivity contribution < 1.29 is 0 Å². The Morgan fingerprint density at radius 3 is 2.89 bits per heavy atom. The Morgan fingerprint density at radius 1 is 1.17 bits per heavy atom. The first-order chi connectivity index (χ1) is 8.83. The van der Waals surface area contributed by atoms with Gasteiger partial charge in [0, 0.05) is 5.69 Å². The number of nitrogens with one attached hydrogen (secondary N) is 1. The van der Waals surface area contributed by atoms with Gasteiger partial charge in [-0.2, -0.15) is 0 Å². The molecule has 0 spiro atoms. The van der Waals surface area contributed by atoms with E-state index < -0.39 is 0 Å². The SMILES string of the molecule is Cc1ccc(NC2CCCc3ccccc32)cn1. The Bertz CT molecular complexity index is 531. The van der Waals surface area contributed by atoms with Crippen molar-refractivity contribution >= 4 is 5.69 Å². The quantitative estimate of drug-likeness (QED) is 0.858. The Morgan fingerprint density at radius 2 is 2.06 bits per heavy atom. The molecule has 1 heterocycles. The zero-order valence-electron chi connectivity index (χ0n) is 10.7. The zero-order chi connectivity index (χ0) is 12.4. The van der Waals surface area contributed by atoms with Crippen LogP contribution in [0.1, 0.15) is 35.7 Å². The molecular weight excluding hydrogens is 220 g/mol. The molecule has 18 heavy (non-hydrogen) atoms. The van der Waals surface area contributed by atoms with Gasteiger partial charge >= 0.3 is 0 Å². The van der Waals surface area contributed by atoms with E-state index >= 15 is 0 Å². The van der Waals surface area contributed by atoms with Gasteiger partial charge in [0.05, 0.1) is 17.9 Å². The lowest BCUT2D eigenvalue weighted by molar-refractivity contribution is 0.600. The van der Waals surface area contributed by atoms with Gasteiger partial charge in [0.1, 0.15) is 0 Å². The Balaban J connectivity index is 1.84. The number of hydrogen-bond donors (Lipinski definition) is 1. The molecular formula is C16H18N2. The third-order valence-electron chi connectivity index (χ3n) is 3.62. The highest BCUT2D eigenvalue weighted by molar-refractivity contribution is 5.45. The smallest absolute Gasteiger partial charge is 0.0531 e. The number of fused-ring (bicyclic) bond motifs is 1. The third-order valence-corrected chi connectivity index (χ3v) is 3.62. The van der Waals surface area contributed by atoms with E-state index in [0.717, 1.165) is 11.4 Å². The fourth-order valence-corrected chi connectivity index (χ4v) is 2.66. The van der Waals surface area contributed by atoms with Crippen molar-refractivity contribution in [2.75, 3.05) is 5.32 Å². The summed E-state index contributed by atoms with van der Waals surface area (Å²) < 4.78 is 0. The van der Waals surface area contributed by atoms with E-state index in [1.165, 1.54) is 30.4 Å². The molecule has 0 bridgehead atoms. The van der Waals surface area contributed by atoms with Crippen LogP contribution >= 0.6 is 0 Å². The van der Waals surface area contributed by atoms with E-state index in [0.29, 0.717) is 6.04 Å². The molecule has 0 saturated carbocycles. The molecule has 0 saturated heterocycles. The third kappa shape index (κ3) is 2.23. The fourth-order valence-electron chi connectivity index (χ4n) is 2.66. The molecule has 0 amide bonds. The van der Waals surface area contributed by atoms with E-state index in [-0.39, 0.29) is 0 Å². The van der Waals surface area contributed by atoms with Gasteiger partial charge in [-0.25, -0.2) is 0 Å². The summed E-state index contributed by atoms with van der Waals surface area (Å²) in [5, 5.41) is 3.60. The van der Waals surface area contributed by atoms with Crippen LogP contribution in [-0.4, -0.2) is 4.98 Å². The predicted octanol–water partition coefficient (Wildman–Crippen LogP) is 3.88. The number of nitrogens with zero attached hydrogens (tertiary/aromatic N) is 1. The summed E-state index contributed by atoms with van der Waals surface area (Å²) >= 11 is 0. The fraction of sp³-hybridized carbons (Fsp3) is 0.312. The molecule has 1 aliphatic carbocycles. The molecule has 1 unspecified atom stereocenters. The molecule has 3 rings (SSSR count). The second kappa shape index (κ2) is 4.81. The molecule has 1 aromatic carbocycles. The van der Waals surface area contributed by atoms with Gasteiger partial charge in [0.15, 0.2) is 0 Å². The number of rotatable bonds is 2. The van der Waals surface area contributed by atoms with Crippen LogP contribution in [0.15, 0.2) is 42.6 Å². The monoisotopic (exact) mass is 238 g/mol. The van der Waals surface area contributed by atoms with Crippen molar-refractivity contribution in [3.63, 3.8) is 0 Å². The average molecular weight is 238 g/mol. The van der Waals surface area contributed by atoms with E-state index in [1.54, 1.807) is 0 Å². The molecule has 0 aliphatic heterocycles. The number of hydrogen-bond acceptors (Lipinski definition) is 2. The summed E-state index contributed by atoms with van der Waals surface area (Å²) in [6.45, 7) is 2.01. The molecule has 0 radical (unpaired) electrons. The summed E-state index contributed by atoms with van der Waals surface area (Å²) in [5.41, 5.74) is 5.11. The van der Waals surface area contributed by atoms with E-state index in [4.69, 9.17) is 0 Å². The molecule has 92 valence electrons. The molecule has 1 atom stereocenters. The average Bonchev–Trinajstić information content (AvgIpc) is 2.42. The zero-order valence-corrected chi connectivity index (χ0v) is 10.7. The molecule has 2 aromatic rings. The Kier molecular flexibility index (Phi) is 3.01. The van der Waals surface area contributed by atoms with Crippen molar-refractivity contribution in [1.29, 1.82) is 0 Å². The van der Waals surface area contributed by atoms with Gasteiger partial charge in [-0.3, -0.25) is 4.98 Å². The van der Waals surface area contributed by atoms with Crippen LogP contribution in [0.25, 0.3) is 0 Å². The second-order valence-corrected chi connectivity index (χ2v) is 4.98. The van der Waals surface area contributed by atoms with Crippen LogP contribution < -0.4 is 5.32 Å². The van der Waals surface area contributed by atoms with Gasteiger partial charge in [-0.1, -0.05) is 24.3 Å². The highest BCUT2D eigenvalue weighted by Gasteiger charge is 2.19. The molecule has 1 N–H and O–H groups in total. The van der Waals surface area contributed by atoms with Gasteiger partial charge in [-0.15, -0.1) is 0 Å². The largest absolute Gasteiger partial charge is 0.377 e. The minimum atomic E-state index is 0.430. The van der Waals surface area contributed by atoms with Gasteiger partial charge < -0.3 is 5.32 Å². The molecule has 0 fully saturated rings. The molecule has 1 aromatic heterocycles. The van der Waals surface area contributed by atoms with Gasteiger partial charge in [0.2, 0.25) is 0 Å². The molecule has 2 heteroatoms. The maximum atomic E-state index is 4.34. The van der Waals surface area contributed by atoms with E-state index in [2.05, 4.69) is 46.7 Å². The summed E-state index contributed by atoms with van der Waals surface area (Å²) in [4.78, 5) is 4.34. The first-order valence-electron chi connectivity index (χ1n) is 6.60.